The number of benzene rings is 1. The Bertz CT molecular complexity index is 1350. The summed E-state index contributed by atoms with van der Waals surface area (Å²) in [6, 6.07) is 3.08. The highest BCUT2D eigenvalue weighted by Gasteiger charge is 2.31. The van der Waals surface area contributed by atoms with E-state index in [2.05, 4.69) is 27.0 Å². The fourth-order valence-corrected chi connectivity index (χ4v) is 4.57. The Morgan fingerprint density at radius 1 is 1.24 bits per heavy atom. The molecule has 0 spiro atoms. The van der Waals surface area contributed by atoms with Crippen LogP contribution >= 0.6 is 0 Å². The number of rotatable bonds is 5. The normalized spacial score (nSPS) is 20.7. The number of methoxy groups -OCH3 is 1. The van der Waals surface area contributed by atoms with Crippen molar-refractivity contribution in [2.45, 2.75) is 57.7 Å². The quantitative estimate of drug-likeness (QED) is 0.459. The molecule has 0 radical (unpaired) electrons. The molecule has 0 aliphatic carbocycles. The summed E-state index contributed by atoms with van der Waals surface area (Å²) < 4.78 is 22.8. The molecule has 4 atom stereocenters. The third-order valence-electron chi connectivity index (χ3n) is 6.87. The van der Waals surface area contributed by atoms with Gasteiger partial charge in [0.15, 0.2) is 23.0 Å². The van der Waals surface area contributed by atoms with E-state index in [-0.39, 0.29) is 23.7 Å². The molecule has 0 saturated carbocycles. The van der Waals surface area contributed by atoms with Gasteiger partial charge < -0.3 is 20.5 Å². The number of nitrogen functional groups attached to an aromatic ring is 1. The summed E-state index contributed by atoms with van der Waals surface area (Å²) in [7, 11) is 1.41. The molecule has 3 N–H and O–H groups in total. The van der Waals surface area contributed by atoms with Crippen LogP contribution in [0.15, 0.2) is 24.5 Å². The molecule has 1 fully saturated rings. The molecule has 4 aromatic rings. The lowest BCUT2D eigenvalue weighted by Gasteiger charge is -2.37. The van der Waals surface area contributed by atoms with E-state index in [1.165, 1.54) is 23.8 Å². The topological polar surface area (TPSA) is 120 Å². The standard InChI is InChI=1S/C23H29FN8O2/c1-12-5-6-15(10-30(12)16-9-26-31(11-16)13(2)14(3)33)21-28-22-17-7-18(24)20(34-4)8-19(17)27-23(25)32(22)29-21/h7-9,11-15,33H,5-6,10H2,1-4H3,(H2,25,27). The Kier molecular flexibility index (Phi) is 5.51. The van der Waals surface area contributed by atoms with Crippen molar-refractivity contribution in [3.05, 3.63) is 36.2 Å². The number of hydrogen-bond donors (Lipinski definition) is 2. The third kappa shape index (κ3) is 3.69. The maximum Gasteiger partial charge on any atom is 0.223 e. The smallest absolute Gasteiger partial charge is 0.223 e. The summed E-state index contributed by atoms with van der Waals surface area (Å²) in [5, 5.41) is 19.5. The van der Waals surface area contributed by atoms with Crippen molar-refractivity contribution in [1.82, 2.24) is 29.4 Å². The highest BCUT2D eigenvalue weighted by atomic mass is 19.1. The van der Waals surface area contributed by atoms with Gasteiger partial charge in [-0.15, -0.1) is 5.10 Å². The third-order valence-corrected chi connectivity index (χ3v) is 6.87. The van der Waals surface area contributed by atoms with Crippen LogP contribution in [-0.4, -0.2) is 60.3 Å². The van der Waals surface area contributed by atoms with Crippen molar-refractivity contribution in [3.63, 3.8) is 0 Å². The van der Waals surface area contributed by atoms with Crippen LogP contribution in [0.3, 0.4) is 0 Å². The van der Waals surface area contributed by atoms with E-state index < -0.39 is 11.9 Å². The second kappa shape index (κ2) is 8.39. The van der Waals surface area contributed by atoms with Gasteiger partial charge in [0, 0.05) is 36.2 Å². The second-order valence-corrected chi connectivity index (χ2v) is 9.11. The van der Waals surface area contributed by atoms with E-state index in [1.54, 1.807) is 11.6 Å². The predicted molar refractivity (Wildman–Crippen MR) is 127 cm³/mol. The Labute approximate surface area is 196 Å². The van der Waals surface area contributed by atoms with Gasteiger partial charge in [-0.1, -0.05) is 0 Å². The molecule has 4 heterocycles. The van der Waals surface area contributed by atoms with Gasteiger partial charge in [0.05, 0.1) is 36.7 Å². The van der Waals surface area contributed by atoms with Crippen molar-refractivity contribution >= 4 is 28.2 Å². The summed E-state index contributed by atoms with van der Waals surface area (Å²) in [6.45, 7) is 6.59. The number of aromatic nitrogens is 6. The first-order chi connectivity index (χ1) is 16.3. The Morgan fingerprint density at radius 3 is 2.76 bits per heavy atom. The van der Waals surface area contributed by atoms with E-state index in [0.717, 1.165) is 18.5 Å². The fraction of sp³-hybridized carbons (Fsp3) is 0.478. The number of aliphatic hydroxyl groups excluding tert-OH is 1. The van der Waals surface area contributed by atoms with Gasteiger partial charge in [0.1, 0.15) is 0 Å². The zero-order valence-corrected chi connectivity index (χ0v) is 19.7. The van der Waals surface area contributed by atoms with E-state index in [9.17, 15) is 9.50 Å². The van der Waals surface area contributed by atoms with Crippen LogP contribution in [0.2, 0.25) is 0 Å². The van der Waals surface area contributed by atoms with Gasteiger partial charge in [-0.25, -0.2) is 14.4 Å². The molecule has 180 valence electrons. The Balaban J connectivity index is 1.49. The van der Waals surface area contributed by atoms with E-state index >= 15 is 0 Å². The second-order valence-electron chi connectivity index (χ2n) is 9.11. The minimum Gasteiger partial charge on any atom is -0.494 e. The van der Waals surface area contributed by atoms with Crippen LogP contribution in [0.4, 0.5) is 16.0 Å². The first-order valence-electron chi connectivity index (χ1n) is 11.4. The molecular weight excluding hydrogens is 439 g/mol. The van der Waals surface area contributed by atoms with Crippen molar-refractivity contribution < 1.29 is 14.2 Å². The Morgan fingerprint density at radius 2 is 2.03 bits per heavy atom. The lowest BCUT2D eigenvalue weighted by Crippen LogP contribution is -2.41. The van der Waals surface area contributed by atoms with Crippen LogP contribution in [0.5, 0.6) is 5.75 Å². The largest absolute Gasteiger partial charge is 0.494 e. The molecule has 5 rings (SSSR count). The van der Waals surface area contributed by atoms with Crippen LogP contribution in [0, 0.1) is 5.82 Å². The van der Waals surface area contributed by atoms with E-state index in [0.29, 0.717) is 35.0 Å². The average molecular weight is 469 g/mol. The number of piperidine rings is 1. The summed E-state index contributed by atoms with van der Waals surface area (Å²) in [5.41, 5.74) is 8.13. The highest BCUT2D eigenvalue weighted by Crippen LogP contribution is 2.34. The maximum atomic E-state index is 14.4. The lowest BCUT2D eigenvalue weighted by atomic mass is 9.92. The number of nitrogens with two attached hydrogens (primary N) is 1. The Hall–Kier alpha value is -3.47. The molecular formula is C23H29FN8O2. The summed E-state index contributed by atoms with van der Waals surface area (Å²) in [4.78, 5) is 11.4. The summed E-state index contributed by atoms with van der Waals surface area (Å²) in [5.74, 6) is 0.509. The molecule has 11 heteroatoms. The van der Waals surface area contributed by atoms with E-state index in [1.807, 2.05) is 19.3 Å². The van der Waals surface area contributed by atoms with Gasteiger partial charge >= 0.3 is 0 Å². The molecule has 3 aromatic heterocycles. The molecule has 1 saturated heterocycles. The van der Waals surface area contributed by atoms with Crippen LogP contribution in [0.1, 0.15) is 51.4 Å². The van der Waals surface area contributed by atoms with Crippen LogP contribution < -0.4 is 15.4 Å². The van der Waals surface area contributed by atoms with Crippen LogP contribution in [-0.2, 0) is 0 Å². The number of fused-ring (bicyclic) bond motifs is 3. The van der Waals surface area contributed by atoms with Crippen LogP contribution in [0.25, 0.3) is 16.6 Å². The lowest BCUT2D eigenvalue weighted by molar-refractivity contribution is 0.132. The number of anilines is 2. The SMILES string of the molecule is COc1cc2nc(N)n3nc(C4CCC(C)N(c5cnn(C(C)C(C)O)c5)C4)nc3c2cc1F. The van der Waals surface area contributed by atoms with Crippen molar-refractivity contribution in [2.75, 3.05) is 24.3 Å². The van der Waals surface area contributed by atoms with Crippen molar-refractivity contribution in [2.24, 2.45) is 0 Å². The maximum absolute atomic E-state index is 14.4. The highest BCUT2D eigenvalue weighted by molar-refractivity contribution is 5.93. The minimum atomic E-state index is -0.500. The first-order valence-corrected chi connectivity index (χ1v) is 11.4. The molecule has 34 heavy (non-hydrogen) atoms. The van der Waals surface area contributed by atoms with Gasteiger partial charge in [-0.05, 0) is 39.7 Å². The van der Waals surface area contributed by atoms with Crippen molar-refractivity contribution in [3.8, 4) is 5.75 Å². The zero-order valence-electron chi connectivity index (χ0n) is 19.7. The molecule has 10 nitrogen and oxygen atoms in total. The first kappa shape index (κ1) is 22.3. The minimum absolute atomic E-state index is 0.0613. The average Bonchev–Trinajstić information content (AvgIpc) is 3.47. The van der Waals surface area contributed by atoms with Gasteiger partial charge in [-0.2, -0.15) is 9.61 Å². The van der Waals surface area contributed by atoms with Crippen molar-refractivity contribution in [1.29, 1.82) is 0 Å². The van der Waals surface area contributed by atoms with E-state index in [4.69, 9.17) is 15.5 Å². The van der Waals surface area contributed by atoms with Gasteiger partial charge in [0.25, 0.3) is 0 Å². The molecule has 4 unspecified atom stereocenters. The number of ether oxygens (including phenoxy) is 1. The number of nitrogens with zero attached hydrogens (tertiary/aromatic N) is 7. The fourth-order valence-electron chi connectivity index (χ4n) is 4.57. The number of halogens is 1. The molecule has 1 aliphatic rings. The summed E-state index contributed by atoms with van der Waals surface area (Å²) in [6.07, 6.45) is 5.18. The zero-order chi connectivity index (χ0) is 24.1. The molecule has 0 amide bonds. The monoisotopic (exact) mass is 468 g/mol. The molecule has 1 aliphatic heterocycles. The number of hydrogen-bond acceptors (Lipinski definition) is 8. The number of aliphatic hydroxyl groups is 1. The van der Waals surface area contributed by atoms with Gasteiger partial charge in [0.2, 0.25) is 5.95 Å². The molecule has 1 aromatic carbocycles. The summed E-state index contributed by atoms with van der Waals surface area (Å²) >= 11 is 0. The predicted octanol–water partition coefficient (Wildman–Crippen LogP) is 2.92. The molecule has 0 bridgehead atoms. The van der Waals surface area contributed by atoms with Gasteiger partial charge in [-0.3, -0.25) is 4.68 Å².